The number of halogens is 2. The Balaban J connectivity index is 1.78. The van der Waals surface area contributed by atoms with Crippen molar-refractivity contribution < 1.29 is 14.0 Å². The summed E-state index contributed by atoms with van der Waals surface area (Å²) in [5, 5.41) is 5.68. The first-order valence-corrected chi connectivity index (χ1v) is 8.13. The van der Waals surface area contributed by atoms with Crippen molar-refractivity contribution in [3.8, 4) is 0 Å². The molecule has 0 aliphatic heterocycles. The largest absolute Gasteiger partial charge is 0.322 e. The molecule has 2 N–H and O–H groups in total. The lowest BCUT2D eigenvalue weighted by molar-refractivity contribution is 0.101. The molecule has 0 fully saturated rings. The van der Waals surface area contributed by atoms with E-state index < -0.39 is 11.7 Å². The Hall–Kier alpha value is -3.18. The van der Waals surface area contributed by atoms with Crippen LogP contribution in [0.3, 0.4) is 0 Å². The van der Waals surface area contributed by atoms with Crippen molar-refractivity contribution in [1.29, 1.82) is 0 Å². The van der Waals surface area contributed by atoms with Gasteiger partial charge < -0.3 is 10.6 Å². The second kappa shape index (κ2) is 7.80. The molecule has 26 heavy (non-hydrogen) atoms. The molecule has 130 valence electrons. The summed E-state index contributed by atoms with van der Waals surface area (Å²) in [6, 6.07) is 18.7. The summed E-state index contributed by atoms with van der Waals surface area (Å²) in [6.45, 7) is 0. The van der Waals surface area contributed by atoms with Crippen molar-refractivity contribution in [2.75, 3.05) is 10.6 Å². The number of para-hydroxylation sites is 1. The normalized spacial score (nSPS) is 10.2. The zero-order chi connectivity index (χ0) is 18.5. The van der Waals surface area contributed by atoms with Crippen LogP contribution in [0.5, 0.6) is 0 Å². The lowest BCUT2D eigenvalue weighted by Crippen LogP contribution is -2.15. The lowest BCUT2D eigenvalue weighted by Gasteiger charge is -2.10. The molecule has 0 saturated heterocycles. The highest BCUT2D eigenvalue weighted by atomic mass is 35.5. The van der Waals surface area contributed by atoms with Gasteiger partial charge in [-0.2, -0.15) is 0 Å². The van der Waals surface area contributed by atoms with Crippen LogP contribution in [0.25, 0.3) is 0 Å². The molecule has 3 rings (SSSR count). The predicted molar refractivity (Wildman–Crippen MR) is 100 cm³/mol. The van der Waals surface area contributed by atoms with Gasteiger partial charge in [-0.05, 0) is 54.6 Å². The number of benzene rings is 3. The maximum absolute atomic E-state index is 13.0. The molecule has 3 aromatic rings. The van der Waals surface area contributed by atoms with Gasteiger partial charge in [0.25, 0.3) is 11.8 Å². The van der Waals surface area contributed by atoms with Crippen LogP contribution in [0.4, 0.5) is 15.8 Å². The van der Waals surface area contributed by atoms with E-state index in [9.17, 15) is 14.0 Å². The van der Waals surface area contributed by atoms with Gasteiger partial charge in [0.1, 0.15) is 5.82 Å². The third-order valence-corrected chi connectivity index (χ3v) is 3.94. The van der Waals surface area contributed by atoms with Crippen LogP contribution in [-0.2, 0) is 0 Å². The Morgan fingerprint density at radius 1 is 0.769 bits per heavy atom. The van der Waals surface area contributed by atoms with Crippen LogP contribution in [0.2, 0.25) is 5.02 Å². The summed E-state index contributed by atoms with van der Waals surface area (Å²) in [5.41, 5.74) is 1.57. The number of carbonyl (C=O) groups is 2. The molecule has 2 amide bonds. The Morgan fingerprint density at radius 2 is 1.38 bits per heavy atom. The Morgan fingerprint density at radius 3 is 2.08 bits per heavy atom. The molecule has 6 heteroatoms. The minimum atomic E-state index is -0.451. The zero-order valence-corrected chi connectivity index (χ0v) is 14.3. The summed E-state index contributed by atoms with van der Waals surface area (Å²) >= 11 is 6.11. The Kier molecular flexibility index (Phi) is 5.29. The number of hydrogen-bond donors (Lipinski definition) is 2. The van der Waals surface area contributed by atoms with Gasteiger partial charge in [-0.1, -0.05) is 29.8 Å². The first-order valence-electron chi connectivity index (χ1n) is 7.76. The van der Waals surface area contributed by atoms with E-state index in [1.807, 2.05) is 18.2 Å². The second-order valence-electron chi connectivity index (χ2n) is 5.48. The SMILES string of the molecule is O=C(Nc1ccccc1)c1ccc(Cl)c(NC(=O)c2ccc(F)cc2)c1. The van der Waals surface area contributed by atoms with E-state index in [0.717, 1.165) is 0 Å². The molecule has 0 aliphatic rings. The smallest absolute Gasteiger partial charge is 0.255 e. The maximum Gasteiger partial charge on any atom is 0.255 e. The maximum atomic E-state index is 13.0. The fourth-order valence-electron chi connectivity index (χ4n) is 2.28. The van der Waals surface area contributed by atoms with E-state index in [1.165, 1.54) is 36.4 Å². The van der Waals surface area contributed by atoms with Crippen molar-refractivity contribution in [2.45, 2.75) is 0 Å². The van der Waals surface area contributed by atoms with E-state index in [-0.39, 0.29) is 16.5 Å². The molecule has 0 aromatic heterocycles. The summed E-state index contributed by atoms with van der Waals surface area (Å²) in [7, 11) is 0. The highest BCUT2D eigenvalue weighted by molar-refractivity contribution is 6.34. The molecule has 0 aliphatic carbocycles. The van der Waals surface area contributed by atoms with Crippen LogP contribution < -0.4 is 10.6 Å². The number of anilines is 2. The van der Waals surface area contributed by atoms with E-state index in [2.05, 4.69) is 10.6 Å². The molecule has 0 spiro atoms. The summed E-state index contributed by atoms with van der Waals surface area (Å²) < 4.78 is 13.0. The van der Waals surface area contributed by atoms with Crippen LogP contribution in [0, 0.1) is 5.82 Å². The standard InChI is InChI=1S/C20H14ClFN2O2/c21-17-11-8-14(20(26)23-16-4-2-1-3-5-16)12-18(17)24-19(25)13-6-9-15(22)10-7-13/h1-12H,(H,23,26)(H,24,25). The summed E-state index contributed by atoms with van der Waals surface area (Å²) in [4.78, 5) is 24.6. The Labute approximate surface area is 154 Å². The molecule has 0 heterocycles. The van der Waals surface area contributed by atoms with Gasteiger partial charge in [0, 0.05) is 16.8 Å². The van der Waals surface area contributed by atoms with Crippen molar-refractivity contribution in [2.24, 2.45) is 0 Å². The summed E-state index contributed by atoms with van der Waals surface area (Å²) in [6.07, 6.45) is 0. The molecular weight excluding hydrogens is 355 g/mol. The summed E-state index contributed by atoms with van der Waals surface area (Å²) in [5.74, 6) is -1.21. The molecule has 0 radical (unpaired) electrons. The van der Waals surface area contributed by atoms with Gasteiger partial charge in [0.2, 0.25) is 0 Å². The first-order chi connectivity index (χ1) is 12.5. The van der Waals surface area contributed by atoms with Gasteiger partial charge in [-0.25, -0.2) is 4.39 Å². The van der Waals surface area contributed by atoms with Crippen molar-refractivity contribution in [3.63, 3.8) is 0 Å². The fourth-order valence-corrected chi connectivity index (χ4v) is 2.45. The van der Waals surface area contributed by atoms with Gasteiger partial charge in [0.15, 0.2) is 0 Å². The monoisotopic (exact) mass is 368 g/mol. The molecule has 0 unspecified atom stereocenters. The molecule has 0 saturated carbocycles. The third kappa shape index (κ3) is 4.26. The van der Waals surface area contributed by atoms with Crippen LogP contribution >= 0.6 is 11.6 Å². The number of rotatable bonds is 4. The fraction of sp³-hybridized carbons (Fsp3) is 0. The van der Waals surface area contributed by atoms with Crippen LogP contribution in [-0.4, -0.2) is 11.8 Å². The minimum absolute atomic E-state index is 0.279. The second-order valence-corrected chi connectivity index (χ2v) is 5.88. The van der Waals surface area contributed by atoms with Gasteiger partial charge in [0.05, 0.1) is 10.7 Å². The van der Waals surface area contributed by atoms with Crippen molar-refractivity contribution in [3.05, 3.63) is 94.8 Å². The van der Waals surface area contributed by atoms with Crippen LogP contribution in [0.1, 0.15) is 20.7 Å². The van der Waals surface area contributed by atoms with Gasteiger partial charge in [-0.15, -0.1) is 0 Å². The van der Waals surface area contributed by atoms with E-state index in [4.69, 9.17) is 11.6 Å². The first kappa shape index (κ1) is 17.6. The quantitative estimate of drug-likeness (QED) is 0.682. The van der Waals surface area contributed by atoms with Crippen molar-refractivity contribution >= 4 is 34.8 Å². The predicted octanol–water partition coefficient (Wildman–Crippen LogP) is 4.98. The van der Waals surface area contributed by atoms with Crippen molar-refractivity contribution in [1.82, 2.24) is 0 Å². The molecular formula is C20H14ClFN2O2. The third-order valence-electron chi connectivity index (χ3n) is 3.61. The van der Waals surface area contributed by atoms with E-state index in [1.54, 1.807) is 18.2 Å². The van der Waals surface area contributed by atoms with E-state index in [0.29, 0.717) is 16.9 Å². The average Bonchev–Trinajstić information content (AvgIpc) is 2.64. The zero-order valence-electron chi connectivity index (χ0n) is 13.5. The van der Waals surface area contributed by atoms with Gasteiger partial charge >= 0.3 is 0 Å². The molecule has 4 nitrogen and oxygen atoms in total. The lowest BCUT2D eigenvalue weighted by atomic mass is 10.1. The number of amides is 2. The van der Waals surface area contributed by atoms with Gasteiger partial charge in [-0.3, -0.25) is 9.59 Å². The Bertz CT molecular complexity index is 944. The van der Waals surface area contributed by atoms with Crippen LogP contribution in [0.15, 0.2) is 72.8 Å². The average molecular weight is 369 g/mol. The number of carbonyl (C=O) groups excluding carboxylic acids is 2. The minimum Gasteiger partial charge on any atom is -0.322 e. The molecule has 0 bridgehead atoms. The highest BCUT2D eigenvalue weighted by Crippen LogP contribution is 2.24. The molecule has 3 aromatic carbocycles. The molecule has 0 atom stereocenters. The number of hydrogen-bond acceptors (Lipinski definition) is 2. The number of nitrogens with one attached hydrogen (secondary N) is 2. The van der Waals surface area contributed by atoms with E-state index >= 15 is 0 Å². The topological polar surface area (TPSA) is 58.2 Å². The highest BCUT2D eigenvalue weighted by Gasteiger charge is 2.12.